The number of nitriles is 1. The molecule has 3 aliphatic rings. The van der Waals surface area contributed by atoms with Gasteiger partial charge >= 0.3 is 6.09 Å². The highest BCUT2D eigenvalue weighted by Gasteiger charge is 2.53. The zero-order valence-corrected chi connectivity index (χ0v) is 21.0. The number of rotatable bonds is 6. The van der Waals surface area contributed by atoms with E-state index in [0.717, 1.165) is 19.3 Å². The third-order valence-electron chi connectivity index (χ3n) is 7.18. The fourth-order valence-electron chi connectivity index (χ4n) is 5.40. The molecule has 3 fully saturated rings. The first kappa shape index (κ1) is 24.9. The summed E-state index contributed by atoms with van der Waals surface area (Å²) in [6, 6.07) is 12.6. The maximum absolute atomic E-state index is 13.3. The predicted octanol–water partition coefficient (Wildman–Crippen LogP) is 2.42. The first-order valence-electron chi connectivity index (χ1n) is 11.9. The van der Waals surface area contributed by atoms with Crippen LogP contribution in [0, 0.1) is 11.3 Å². The molecular weight excluding hydrogens is 454 g/mol. The standard InChI is InChI=1S/C24H35N5O4S/c1-23(2,3)33-22(30)29(21-15-20(21)18-7-5-4-6-8-18)19-9-13-27(14-10-19)24(11-12-25)16-28(17-24)34(26,31)32/h4-8,19-21H,9-11,13-17H2,1-3H3,(H2,26,31,32)/t20?,21-/m1/s1. The van der Waals surface area contributed by atoms with Crippen LogP contribution in [-0.2, 0) is 14.9 Å². The summed E-state index contributed by atoms with van der Waals surface area (Å²) in [4.78, 5) is 17.4. The average Bonchev–Trinajstić information content (AvgIpc) is 3.50. The lowest BCUT2D eigenvalue weighted by Gasteiger charge is -2.55. The third kappa shape index (κ3) is 5.23. The van der Waals surface area contributed by atoms with Gasteiger partial charge in [0, 0.05) is 44.2 Å². The molecule has 10 heteroatoms. The molecule has 1 aromatic carbocycles. The molecule has 1 amide bonds. The van der Waals surface area contributed by atoms with Crippen LogP contribution >= 0.6 is 0 Å². The molecule has 2 aliphatic heterocycles. The smallest absolute Gasteiger partial charge is 0.410 e. The van der Waals surface area contributed by atoms with E-state index >= 15 is 0 Å². The van der Waals surface area contributed by atoms with Crippen molar-refractivity contribution in [3.8, 4) is 6.07 Å². The number of likely N-dealkylation sites (tertiary alicyclic amines) is 1. The number of piperidine rings is 1. The quantitative estimate of drug-likeness (QED) is 0.655. The zero-order valence-electron chi connectivity index (χ0n) is 20.2. The molecule has 1 aliphatic carbocycles. The maximum atomic E-state index is 13.3. The van der Waals surface area contributed by atoms with Crippen LogP contribution in [-0.4, -0.2) is 78.0 Å². The molecule has 2 atom stereocenters. The number of nitrogens with zero attached hydrogens (tertiary/aromatic N) is 4. The van der Waals surface area contributed by atoms with E-state index < -0.39 is 21.3 Å². The van der Waals surface area contributed by atoms with Crippen LogP contribution in [0.4, 0.5) is 4.79 Å². The number of hydrogen-bond acceptors (Lipinski definition) is 6. The molecule has 34 heavy (non-hydrogen) atoms. The van der Waals surface area contributed by atoms with Gasteiger partial charge in [0.1, 0.15) is 5.60 Å². The predicted molar refractivity (Wildman–Crippen MR) is 128 cm³/mol. The summed E-state index contributed by atoms with van der Waals surface area (Å²) in [6.07, 6.45) is 2.40. The van der Waals surface area contributed by atoms with Gasteiger partial charge in [0.25, 0.3) is 10.2 Å². The van der Waals surface area contributed by atoms with Gasteiger partial charge in [-0.3, -0.25) is 4.90 Å². The molecular formula is C24H35N5O4S. The lowest BCUT2D eigenvalue weighted by Crippen LogP contribution is -2.73. The van der Waals surface area contributed by atoms with Crippen molar-refractivity contribution >= 4 is 16.3 Å². The van der Waals surface area contributed by atoms with Crippen molar-refractivity contribution in [1.82, 2.24) is 14.1 Å². The summed E-state index contributed by atoms with van der Waals surface area (Å²) >= 11 is 0. The summed E-state index contributed by atoms with van der Waals surface area (Å²) in [5.41, 5.74) is 0.159. The number of hydrogen-bond donors (Lipinski definition) is 1. The minimum absolute atomic E-state index is 0.0402. The van der Waals surface area contributed by atoms with Gasteiger partial charge in [-0.05, 0) is 45.6 Å². The second-order valence-electron chi connectivity index (χ2n) is 10.8. The van der Waals surface area contributed by atoms with Crippen LogP contribution in [0.3, 0.4) is 0 Å². The summed E-state index contributed by atoms with van der Waals surface area (Å²) in [5, 5.41) is 14.7. The van der Waals surface area contributed by atoms with Crippen molar-refractivity contribution in [3.63, 3.8) is 0 Å². The Bertz CT molecular complexity index is 1040. The SMILES string of the molecule is CC(C)(C)OC(=O)N(C1CCN(C2(CC#N)CN(S(N)(=O)=O)C2)CC1)[C@@H]1CC1c1ccccc1. The van der Waals surface area contributed by atoms with Gasteiger partial charge < -0.3 is 9.64 Å². The molecule has 1 aromatic rings. The lowest BCUT2D eigenvalue weighted by atomic mass is 9.84. The Labute approximate surface area is 202 Å². The van der Waals surface area contributed by atoms with Gasteiger partial charge in [-0.1, -0.05) is 30.3 Å². The molecule has 2 N–H and O–H groups in total. The van der Waals surface area contributed by atoms with Crippen molar-refractivity contribution in [2.75, 3.05) is 26.2 Å². The fourth-order valence-corrected chi connectivity index (χ4v) is 6.24. The Morgan fingerprint density at radius 2 is 1.85 bits per heavy atom. The average molecular weight is 490 g/mol. The van der Waals surface area contributed by atoms with Crippen LogP contribution in [0.1, 0.15) is 57.9 Å². The van der Waals surface area contributed by atoms with Crippen LogP contribution in [0.25, 0.3) is 0 Å². The van der Waals surface area contributed by atoms with Gasteiger partial charge in [-0.25, -0.2) is 9.93 Å². The number of carbonyl (C=O) groups excluding carboxylic acids is 1. The van der Waals surface area contributed by atoms with Gasteiger partial charge in [0.05, 0.1) is 18.0 Å². The van der Waals surface area contributed by atoms with E-state index in [1.165, 1.54) is 9.87 Å². The second kappa shape index (κ2) is 9.11. The normalized spacial score (nSPS) is 25.7. The summed E-state index contributed by atoms with van der Waals surface area (Å²) in [6.45, 7) is 7.49. The van der Waals surface area contributed by atoms with Gasteiger partial charge in [0.15, 0.2) is 0 Å². The third-order valence-corrected chi connectivity index (χ3v) is 8.16. The van der Waals surface area contributed by atoms with Crippen LogP contribution in [0.5, 0.6) is 0 Å². The lowest BCUT2D eigenvalue weighted by molar-refractivity contribution is -0.0411. The molecule has 0 spiro atoms. The summed E-state index contributed by atoms with van der Waals surface area (Å²) < 4.78 is 30.4. The molecule has 9 nitrogen and oxygen atoms in total. The first-order chi connectivity index (χ1) is 15.9. The van der Waals surface area contributed by atoms with E-state index in [1.807, 2.05) is 43.9 Å². The number of ether oxygens (including phenoxy) is 1. The second-order valence-corrected chi connectivity index (χ2v) is 12.3. The molecule has 4 rings (SSSR count). The van der Waals surface area contributed by atoms with E-state index in [2.05, 4.69) is 23.1 Å². The van der Waals surface area contributed by atoms with E-state index in [9.17, 15) is 18.5 Å². The Morgan fingerprint density at radius 3 is 2.38 bits per heavy atom. The van der Waals surface area contributed by atoms with Crippen molar-refractivity contribution in [1.29, 1.82) is 5.26 Å². The van der Waals surface area contributed by atoms with E-state index in [1.54, 1.807) is 0 Å². The molecule has 186 valence electrons. The Hall–Kier alpha value is -2.19. The maximum Gasteiger partial charge on any atom is 0.410 e. The Kier molecular flexibility index (Phi) is 6.68. The van der Waals surface area contributed by atoms with Crippen molar-refractivity contribution in [3.05, 3.63) is 35.9 Å². The number of benzene rings is 1. The van der Waals surface area contributed by atoms with Crippen molar-refractivity contribution < 1.29 is 17.9 Å². The molecule has 2 heterocycles. The minimum Gasteiger partial charge on any atom is -0.444 e. The van der Waals surface area contributed by atoms with Crippen LogP contribution in [0.2, 0.25) is 0 Å². The highest BCUT2D eigenvalue weighted by atomic mass is 32.2. The van der Waals surface area contributed by atoms with Crippen LogP contribution < -0.4 is 5.14 Å². The van der Waals surface area contributed by atoms with E-state index in [-0.39, 0.29) is 37.7 Å². The summed E-state index contributed by atoms with van der Waals surface area (Å²) in [5.74, 6) is 0.312. The van der Waals surface area contributed by atoms with Gasteiger partial charge in [-0.2, -0.15) is 18.0 Å². The Morgan fingerprint density at radius 1 is 1.24 bits per heavy atom. The zero-order chi connectivity index (χ0) is 24.7. The van der Waals surface area contributed by atoms with E-state index in [0.29, 0.717) is 19.0 Å². The monoisotopic (exact) mass is 489 g/mol. The van der Waals surface area contributed by atoms with E-state index in [4.69, 9.17) is 9.88 Å². The molecule has 1 saturated carbocycles. The highest BCUT2D eigenvalue weighted by Crippen LogP contribution is 2.47. The topological polar surface area (TPSA) is 120 Å². The molecule has 1 unspecified atom stereocenters. The number of nitrogens with two attached hydrogens (primary N) is 1. The summed E-state index contributed by atoms with van der Waals surface area (Å²) in [7, 11) is -3.75. The number of amides is 1. The highest BCUT2D eigenvalue weighted by molar-refractivity contribution is 7.86. The molecule has 0 bridgehead atoms. The first-order valence-corrected chi connectivity index (χ1v) is 13.4. The van der Waals surface area contributed by atoms with Crippen molar-refractivity contribution in [2.45, 2.75) is 75.6 Å². The molecule has 2 saturated heterocycles. The van der Waals surface area contributed by atoms with Crippen molar-refractivity contribution in [2.24, 2.45) is 5.14 Å². The molecule has 0 radical (unpaired) electrons. The minimum atomic E-state index is -3.75. The van der Waals surface area contributed by atoms with Gasteiger partial charge in [-0.15, -0.1) is 0 Å². The molecule has 0 aromatic heterocycles. The Balaban J connectivity index is 1.46. The van der Waals surface area contributed by atoms with Crippen LogP contribution in [0.15, 0.2) is 30.3 Å². The largest absolute Gasteiger partial charge is 0.444 e. The van der Waals surface area contributed by atoms with Gasteiger partial charge in [0.2, 0.25) is 0 Å². The fraction of sp³-hybridized carbons (Fsp3) is 0.667. The number of carbonyl (C=O) groups is 1.